The van der Waals surface area contributed by atoms with Gasteiger partial charge in [-0.2, -0.15) is 0 Å². The molecule has 0 bridgehead atoms. The molecule has 0 saturated heterocycles. The Morgan fingerprint density at radius 2 is 1.95 bits per heavy atom. The molecular formula is C13H10Cl3N3O2. The molecule has 1 N–H and O–H groups in total. The van der Waals surface area contributed by atoms with E-state index in [2.05, 4.69) is 10.3 Å². The molecule has 0 aliphatic rings. The van der Waals surface area contributed by atoms with E-state index in [1.807, 2.05) is 6.07 Å². The highest BCUT2D eigenvalue weighted by atomic mass is 35.5. The number of halogens is 3. The molecule has 0 spiro atoms. The number of nitro groups is 1. The second-order valence-corrected chi connectivity index (χ2v) is 5.40. The molecular weight excluding hydrogens is 337 g/mol. The minimum Gasteiger partial charge on any atom is -0.364 e. The van der Waals surface area contributed by atoms with E-state index in [1.165, 1.54) is 12.1 Å². The Balaban J connectivity index is 2.06. The summed E-state index contributed by atoms with van der Waals surface area (Å²) < 4.78 is 0. The fourth-order valence-electron chi connectivity index (χ4n) is 1.75. The minimum absolute atomic E-state index is 0.124. The lowest BCUT2D eigenvalue weighted by Gasteiger charge is -2.08. The Morgan fingerprint density at radius 3 is 2.62 bits per heavy atom. The van der Waals surface area contributed by atoms with Crippen molar-refractivity contribution in [2.45, 2.75) is 6.42 Å². The van der Waals surface area contributed by atoms with Crippen molar-refractivity contribution in [1.29, 1.82) is 0 Å². The Hall–Kier alpha value is -1.56. The molecule has 1 aromatic heterocycles. The van der Waals surface area contributed by atoms with Crippen molar-refractivity contribution < 1.29 is 4.92 Å². The molecule has 0 aliphatic carbocycles. The summed E-state index contributed by atoms with van der Waals surface area (Å²) in [6, 6.07) is 7.89. The molecule has 1 aromatic carbocycles. The normalized spacial score (nSPS) is 10.4. The van der Waals surface area contributed by atoms with Crippen LogP contribution in [0.2, 0.25) is 15.2 Å². The summed E-state index contributed by atoms with van der Waals surface area (Å²) in [4.78, 5) is 14.3. The third-order valence-electron chi connectivity index (χ3n) is 2.74. The number of hydrogen-bond donors (Lipinski definition) is 1. The molecule has 0 aliphatic heterocycles. The predicted molar refractivity (Wildman–Crippen MR) is 84.6 cm³/mol. The van der Waals surface area contributed by atoms with Gasteiger partial charge in [0, 0.05) is 22.7 Å². The largest absolute Gasteiger partial charge is 0.364 e. The predicted octanol–water partition coefficient (Wildman–Crippen LogP) is 4.60. The number of rotatable bonds is 5. The summed E-state index contributed by atoms with van der Waals surface area (Å²) in [6.07, 6.45) is 0.571. The van der Waals surface area contributed by atoms with Crippen molar-refractivity contribution in [2.75, 3.05) is 11.9 Å². The van der Waals surface area contributed by atoms with Crippen molar-refractivity contribution in [3.63, 3.8) is 0 Å². The third kappa shape index (κ3) is 4.20. The van der Waals surface area contributed by atoms with Crippen LogP contribution in [0.5, 0.6) is 0 Å². The van der Waals surface area contributed by atoms with Gasteiger partial charge >= 0.3 is 5.69 Å². The van der Waals surface area contributed by atoms with Crippen LogP contribution in [0, 0.1) is 10.1 Å². The fourth-order valence-corrected chi connectivity index (χ4v) is 2.40. The first-order valence-corrected chi connectivity index (χ1v) is 7.09. The molecule has 0 saturated carbocycles. The zero-order valence-electron chi connectivity index (χ0n) is 10.6. The smallest absolute Gasteiger partial charge is 0.311 e. The topological polar surface area (TPSA) is 68.1 Å². The number of nitrogens with one attached hydrogen (secondary N) is 1. The van der Waals surface area contributed by atoms with Crippen LogP contribution in [0.4, 0.5) is 11.5 Å². The van der Waals surface area contributed by atoms with Gasteiger partial charge in [0.1, 0.15) is 5.15 Å². The van der Waals surface area contributed by atoms with E-state index >= 15 is 0 Å². The Bertz CT molecular complexity index is 680. The monoisotopic (exact) mass is 345 g/mol. The molecule has 0 amide bonds. The van der Waals surface area contributed by atoms with Gasteiger partial charge in [-0.3, -0.25) is 10.1 Å². The zero-order chi connectivity index (χ0) is 15.4. The maximum Gasteiger partial charge on any atom is 0.311 e. The van der Waals surface area contributed by atoms with E-state index < -0.39 is 4.92 Å². The van der Waals surface area contributed by atoms with Crippen molar-refractivity contribution in [1.82, 2.24) is 4.98 Å². The summed E-state index contributed by atoms with van der Waals surface area (Å²) in [5, 5.41) is 15.1. The first-order chi connectivity index (χ1) is 9.97. The molecule has 0 radical (unpaired) electrons. The van der Waals surface area contributed by atoms with Crippen LogP contribution in [-0.2, 0) is 6.42 Å². The summed E-state index contributed by atoms with van der Waals surface area (Å²) in [5.41, 5.74) is 0.764. The van der Waals surface area contributed by atoms with E-state index in [9.17, 15) is 10.1 Å². The van der Waals surface area contributed by atoms with E-state index in [4.69, 9.17) is 34.8 Å². The zero-order valence-corrected chi connectivity index (χ0v) is 12.9. The average Bonchev–Trinajstić information content (AvgIpc) is 2.41. The molecule has 110 valence electrons. The van der Waals surface area contributed by atoms with Crippen LogP contribution >= 0.6 is 34.8 Å². The fraction of sp³-hybridized carbons (Fsp3) is 0.154. The van der Waals surface area contributed by atoms with Crippen molar-refractivity contribution >= 4 is 46.3 Å². The van der Waals surface area contributed by atoms with Gasteiger partial charge in [-0.25, -0.2) is 4.98 Å². The van der Waals surface area contributed by atoms with Crippen LogP contribution < -0.4 is 5.32 Å². The van der Waals surface area contributed by atoms with Crippen molar-refractivity contribution in [3.05, 3.63) is 61.2 Å². The highest BCUT2D eigenvalue weighted by molar-refractivity contribution is 6.35. The van der Waals surface area contributed by atoms with E-state index in [0.29, 0.717) is 23.0 Å². The summed E-state index contributed by atoms with van der Waals surface area (Å²) in [7, 11) is 0. The Kier molecular flexibility index (Phi) is 5.22. The molecule has 5 nitrogen and oxygen atoms in total. The Morgan fingerprint density at radius 1 is 1.19 bits per heavy atom. The molecule has 1 heterocycles. The van der Waals surface area contributed by atoms with Gasteiger partial charge in [0.15, 0.2) is 0 Å². The average molecular weight is 347 g/mol. The number of benzene rings is 1. The number of anilines is 1. The van der Waals surface area contributed by atoms with Crippen molar-refractivity contribution in [2.24, 2.45) is 0 Å². The van der Waals surface area contributed by atoms with Gasteiger partial charge in [-0.15, -0.1) is 0 Å². The van der Waals surface area contributed by atoms with Gasteiger partial charge in [-0.05, 0) is 30.2 Å². The summed E-state index contributed by atoms with van der Waals surface area (Å²) in [5.74, 6) is 0.137. The maximum absolute atomic E-state index is 10.9. The lowest BCUT2D eigenvalue weighted by Crippen LogP contribution is -2.08. The number of nitrogens with zero attached hydrogens (tertiary/aromatic N) is 2. The number of aromatic nitrogens is 1. The number of hydrogen-bond acceptors (Lipinski definition) is 4. The highest BCUT2D eigenvalue weighted by Crippen LogP contribution is 2.25. The summed E-state index contributed by atoms with van der Waals surface area (Å²) >= 11 is 17.6. The van der Waals surface area contributed by atoms with Crippen LogP contribution in [0.15, 0.2) is 30.3 Å². The minimum atomic E-state index is -0.513. The van der Waals surface area contributed by atoms with Gasteiger partial charge in [0.05, 0.1) is 4.92 Å². The SMILES string of the molecule is O=[N+]([O-])c1ccc(Cl)nc1NCCc1ccc(Cl)cc1Cl. The first-order valence-electron chi connectivity index (χ1n) is 5.96. The maximum atomic E-state index is 10.9. The van der Waals surface area contributed by atoms with Crippen LogP contribution in [0.25, 0.3) is 0 Å². The lowest BCUT2D eigenvalue weighted by molar-refractivity contribution is -0.384. The highest BCUT2D eigenvalue weighted by Gasteiger charge is 2.15. The molecule has 0 fully saturated rings. The van der Waals surface area contributed by atoms with Crippen LogP contribution in [-0.4, -0.2) is 16.5 Å². The second kappa shape index (κ2) is 6.93. The molecule has 0 unspecified atom stereocenters. The van der Waals surface area contributed by atoms with E-state index in [0.717, 1.165) is 5.56 Å². The standard InChI is InChI=1S/C13H10Cl3N3O2/c14-9-2-1-8(10(15)7-9)5-6-17-13-11(19(20)21)3-4-12(16)18-13/h1-4,7H,5-6H2,(H,17,18). The summed E-state index contributed by atoms with van der Waals surface area (Å²) in [6.45, 7) is 0.426. The first kappa shape index (κ1) is 15.8. The lowest BCUT2D eigenvalue weighted by atomic mass is 10.1. The van der Waals surface area contributed by atoms with Crippen LogP contribution in [0.3, 0.4) is 0 Å². The second-order valence-electron chi connectivity index (χ2n) is 4.17. The quantitative estimate of drug-likeness (QED) is 0.488. The van der Waals surface area contributed by atoms with Gasteiger partial charge in [-0.1, -0.05) is 40.9 Å². The molecule has 0 atom stereocenters. The van der Waals surface area contributed by atoms with Gasteiger partial charge in [0.2, 0.25) is 5.82 Å². The van der Waals surface area contributed by atoms with Gasteiger partial charge in [0.25, 0.3) is 0 Å². The van der Waals surface area contributed by atoms with Crippen molar-refractivity contribution in [3.8, 4) is 0 Å². The Labute approximate surface area is 136 Å². The molecule has 21 heavy (non-hydrogen) atoms. The molecule has 8 heteroatoms. The molecule has 2 aromatic rings. The van der Waals surface area contributed by atoms with E-state index in [-0.39, 0.29) is 16.7 Å². The number of pyridine rings is 1. The van der Waals surface area contributed by atoms with Gasteiger partial charge < -0.3 is 5.32 Å². The molecule has 2 rings (SSSR count). The van der Waals surface area contributed by atoms with E-state index in [1.54, 1.807) is 12.1 Å². The van der Waals surface area contributed by atoms with Crippen LogP contribution in [0.1, 0.15) is 5.56 Å². The third-order valence-corrected chi connectivity index (χ3v) is 3.54.